The molecule has 1 saturated heterocycles. The molecular weight excluding hydrogens is 540 g/mol. The minimum absolute atomic E-state index is 0.424. The second-order valence-electron chi connectivity index (χ2n) is 11.2. The zero-order valence-electron chi connectivity index (χ0n) is 24.7. The number of carboxylic acid groups (broad SMARTS) is 1. The Labute approximate surface area is 251 Å². The molecule has 1 unspecified atom stereocenters. The van der Waals surface area contributed by atoms with Crippen LogP contribution in [0.4, 0.5) is 0 Å². The molecule has 1 atom stereocenters. The summed E-state index contributed by atoms with van der Waals surface area (Å²) in [6.45, 7) is 6.27. The van der Waals surface area contributed by atoms with E-state index in [1.165, 1.54) is 27.4 Å². The van der Waals surface area contributed by atoms with Crippen molar-refractivity contribution >= 4 is 44.8 Å². The van der Waals surface area contributed by atoms with E-state index in [2.05, 4.69) is 69.2 Å². The molecule has 0 bridgehead atoms. The van der Waals surface area contributed by atoms with Gasteiger partial charge in [0.2, 0.25) is 5.88 Å². The summed E-state index contributed by atoms with van der Waals surface area (Å²) in [5, 5.41) is 27.5. The maximum atomic E-state index is 11.3. The summed E-state index contributed by atoms with van der Waals surface area (Å²) in [5.74, 6) is -0.569. The van der Waals surface area contributed by atoms with Gasteiger partial charge >= 0.3 is 5.97 Å². The topological polar surface area (TPSA) is 99.9 Å². The Morgan fingerprint density at radius 1 is 1.05 bits per heavy atom. The molecule has 0 amide bonds. The van der Waals surface area contributed by atoms with Crippen molar-refractivity contribution in [3.05, 3.63) is 89.5 Å². The van der Waals surface area contributed by atoms with Crippen LogP contribution in [0, 0.1) is 0 Å². The van der Waals surface area contributed by atoms with Crippen molar-refractivity contribution < 1.29 is 19.7 Å². The van der Waals surface area contributed by atoms with Crippen molar-refractivity contribution in [3.8, 4) is 5.88 Å². The van der Waals surface area contributed by atoms with Crippen LogP contribution in [-0.4, -0.2) is 63.4 Å². The highest BCUT2D eigenvalue weighted by Crippen LogP contribution is 2.31. The van der Waals surface area contributed by atoms with Crippen molar-refractivity contribution in [1.82, 2.24) is 19.8 Å². The number of β-amino-alcohol motifs (C(OH)–C–C–N with tert-alkyl or cyclic N) is 1. The van der Waals surface area contributed by atoms with Gasteiger partial charge < -0.3 is 29.7 Å². The molecule has 1 aliphatic heterocycles. The summed E-state index contributed by atoms with van der Waals surface area (Å²) in [6.07, 6.45) is 3.94. The number of methoxy groups -OCH3 is 1. The minimum Gasteiger partial charge on any atom is -0.481 e. The molecule has 3 heterocycles. The molecule has 3 aromatic carbocycles. The van der Waals surface area contributed by atoms with E-state index in [0.717, 1.165) is 56.0 Å². The first-order valence-corrected chi connectivity index (χ1v) is 15.0. The third-order valence-electron chi connectivity index (χ3n) is 8.64. The van der Waals surface area contributed by atoms with Gasteiger partial charge in [0.05, 0.1) is 18.7 Å². The maximum Gasteiger partial charge on any atom is 0.328 e. The number of carboxylic acids is 1. The number of piperidine rings is 1. The SMILES string of the molecule is CCn1c2ccccc2c2cc(CNC3CCN(CC(O)c4ccc(/C=C/C(=O)O)c5ccc(OC)nc45)CC3)ccc21. The van der Waals surface area contributed by atoms with Crippen LogP contribution in [0.3, 0.4) is 0 Å². The average molecular weight is 579 g/mol. The normalized spacial score (nSPS) is 15.6. The first-order chi connectivity index (χ1) is 20.9. The first-order valence-electron chi connectivity index (χ1n) is 15.0. The lowest BCUT2D eigenvalue weighted by molar-refractivity contribution is -0.131. The Balaban J connectivity index is 1.09. The van der Waals surface area contributed by atoms with Crippen LogP contribution in [0.2, 0.25) is 0 Å². The minimum atomic E-state index is -1.02. The van der Waals surface area contributed by atoms with E-state index in [-0.39, 0.29) is 0 Å². The van der Waals surface area contributed by atoms with Gasteiger partial charge in [-0.1, -0.05) is 36.4 Å². The van der Waals surface area contributed by atoms with Gasteiger partial charge in [0.25, 0.3) is 0 Å². The molecule has 43 heavy (non-hydrogen) atoms. The molecular formula is C35H38N4O4. The van der Waals surface area contributed by atoms with Crippen LogP contribution in [0.25, 0.3) is 38.8 Å². The van der Waals surface area contributed by atoms with E-state index in [9.17, 15) is 9.90 Å². The number of para-hydroxylation sites is 1. The van der Waals surface area contributed by atoms with E-state index in [1.54, 1.807) is 19.3 Å². The summed E-state index contributed by atoms with van der Waals surface area (Å²) >= 11 is 0. The van der Waals surface area contributed by atoms with Gasteiger partial charge in [0.15, 0.2) is 0 Å². The van der Waals surface area contributed by atoms with Crippen LogP contribution < -0.4 is 10.1 Å². The van der Waals surface area contributed by atoms with Gasteiger partial charge in [-0.3, -0.25) is 0 Å². The largest absolute Gasteiger partial charge is 0.481 e. The highest BCUT2D eigenvalue weighted by molar-refractivity contribution is 6.08. The molecule has 1 fully saturated rings. The van der Waals surface area contributed by atoms with E-state index in [0.29, 0.717) is 29.5 Å². The smallest absolute Gasteiger partial charge is 0.328 e. The van der Waals surface area contributed by atoms with Crippen molar-refractivity contribution in [3.63, 3.8) is 0 Å². The number of pyridine rings is 1. The van der Waals surface area contributed by atoms with Crippen molar-refractivity contribution in [2.75, 3.05) is 26.7 Å². The average Bonchev–Trinajstić information content (AvgIpc) is 3.35. The number of aryl methyl sites for hydroxylation is 1. The lowest BCUT2D eigenvalue weighted by Gasteiger charge is -2.33. The highest BCUT2D eigenvalue weighted by Gasteiger charge is 2.23. The van der Waals surface area contributed by atoms with Crippen LogP contribution in [0.15, 0.2) is 72.8 Å². The van der Waals surface area contributed by atoms with Gasteiger partial charge in [-0.25, -0.2) is 9.78 Å². The number of carbonyl (C=O) groups is 1. The number of hydrogen-bond acceptors (Lipinski definition) is 6. The lowest BCUT2D eigenvalue weighted by atomic mass is 9.98. The molecule has 2 aromatic heterocycles. The molecule has 0 saturated carbocycles. The Kier molecular flexibility index (Phi) is 8.42. The zero-order valence-corrected chi connectivity index (χ0v) is 24.7. The quantitative estimate of drug-likeness (QED) is 0.181. The standard InChI is InChI=1S/C35H38N4O4/c1-3-39-30-7-5-4-6-27(30)29-20-23(8-13-31(29)39)21-36-25-16-18-38(19-17-25)22-32(40)28-11-9-24(10-15-34(41)42)26-12-14-33(43-2)37-35(26)28/h4-15,20,25,32,36,40H,3,16-19,21-22H2,1-2H3,(H,41,42)/b15-10+. The van der Waals surface area contributed by atoms with Gasteiger partial charge in [-0.15, -0.1) is 0 Å². The van der Waals surface area contributed by atoms with Crippen LogP contribution >= 0.6 is 0 Å². The third kappa shape index (κ3) is 5.99. The van der Waals surface area contributed by atoms with Gasteiger partial charge in [-0.2, -0.15) is 0 Å². The summed E-state index contributed by atoms with van der Waals surface area (Å²) in [4.78, 5) is 18.0. The maximum absolute atomic E-state index is 11.3. The number of benzene rings is 3. The van der Waals surface area contributed by atoms with Crippen molar-refractivity contribution in [2.45, 2.75) is 45.0 Å². The lowest BCUT2D eigenvalue weighted by Crippen LogP contribution is -2.43. The Morgan fingerprint density at radius 2 is 1.84 bits per heavy atom. The number of aliphatic hydroxyl groups excluding tert-OH is 1. The molecule has 0 aliphatic carbocycles. The molecule has 8 heteroatoms. The zero-order chi connectivity index (χ0) is 29.9. The number of likely N-dealkylation sites (tertiary alicyclic amines) is 1. The second kappa shape index (κ2) is 12.6. The fraction of sp³-hybridized carbons (Fsp3) is 0.314. The summed E-state index contributed by atoms with van der Waals surface area (Å²) in [6, 6.07) is 23.2. The fourth-order valence-corrected chi connectivity index (χ4v) is 6.41. The summed E-state index contributed by atoms with van der Waals surface area (Å²) < 4.78 is 7.72. The number of aliphatic carboxylic acids is 1. The highest BCUT2D eigenvalue weighted by atomic mass is 16.5. The summed E-state index contributed by atoms with van der Waals surface area (Å²) in [7, 11) is 1.56. The fourth-order valence-electron chi connectivity index (χ4n) is 6.41. The predicted molar refractivity (Wildman–Crippen MR) is 171 cm³/mol. The third-order valence-corrected chi connectivity index (χ3v) is 8.64. The van der Waals surface area contributed by atoms with Gasteiger partial charge in [0, 0.05) is 70.6 Å². The van der Waals surface area contributed by atoms with Gasteiger partial charge in [0.1, 0.15) is 0 Å². The molecule has 5 aromatic rings. The Bertz CT molecular complexity index is 1800. The number of aliphatic hydroxyl groups is 1. The van der Waals surface area contributed by atoms with Crippen molar-refractivity contribution in [2.24, 2.45) is 0 Å². The van der Waals surface area contributed by atoms with Crippen LogP contribution in [0.5, 0.6) is 5.88 Å². The molecule has 8 nitrogen and oxygen atoms in total. The molecule has 222 valence electrons. The molecule has 1 aliphatic rings. The van der Waals surface area contributed by atoms with Gasteiger partial charge in [-0.05, 0) is 74.3 Å². The number of aromatic nitrogens is 2. The Morgan fingerprint density at radius 3 is 2.60 bits per heavy atom. The number of rotatable bonds is 10. The first kappa shape index (κ1) is 28.9. The Hall–Kier alpha value is -4.24. The van der Waals surface area contributed by atoms with E-state index < -0.39 is 12.1 Å². The molecule has 0 radical (unpaired) electrons. The molecule has 3 N–H and O–H groups in total. The van der Waals surface area contributed by atoms with E-state index >= 15 is 0 Å². The van der Waals surface area contributed by atoms with Crippen LogP contribution in [0.1, 0.15) is 42.6 Å². The number of hydrogen-bond donors (Lipinski definition) is 3. The monoisotopic (exact) mass is 578 g/mol. The van der Waals surface area contributed by atoms with E-state index in [4.69, 9.17) is 9.84 Å². The number of nitrogens with one attached hydrogen (secondary N) is 1. The molecule has 6 rings (SSSR count). The van der Waals surface area contributed by atoms with E-state index in [1.807, 2.05) is 18.2 Å². The second-order valence-corrected chi connectivity index (χ2v) is 11.2. The predicted octanol–water partition coefficient (Wildman–Crippen LogP) is 5.76. The summed E-state index contributed by atoms with van der Waals surface area (Å²) in [5.41, 5.74) is 5.92. The van der Waals surface area contributed by atoms with Crippen LogP contribution in [-0.2, 0) is 17.9 Å². The molecule has 0 spiro atoms. The van der Waals surface area contributed by atoms with Crippen molar-refractivity contribution in [1.29, 1.82) is 0 Å². The number of fused-ring (bicyclic) bond motifs is 4. The number of ether oxygens (including phenoxy) is 1. The number of nitrogens with zero attached hydrogens (tertiary/aromatic N) is 3.